The maximum atomic E-state index is 12.6. The van der Waals surface area contributed by atoms with E-state index in [-0.39, 0.29) is 22.8 Å². The van der Waals surface area contributed by atoms with Crippen molar-refractivity contribution in [2.24, 2.45) is 0 Å². The van der Waals surface area contributed by atoms with Gasteiger partial charge in [-0.2, -0.15) is 0 Å². The molecule has 0 aliphatic rings. The van der Waals surface area contributed by atoms with E-state index in [2.05, 4.69) is 10.3 Å². The van der Waals surface area contributed by atoms with Gasteiger partial charge in [-0.1, -0.05) is 24.3 Å². The molecule has 6 heteroatoms. The monoisotopic (exact) mass is 335 g/mol. The third-order valence-corrected chi connectivity index (χ3v) is 3.69. The van der Waals surface area contributed by atoms with Crippen LogP contribution in [-0.4, -0.2) is 22.6 Å². The van der Waals surface area contributed by atoms with Crippen LogP contribution in [0.1, 0.15) is 15.9 Å². The van der Waals surface area contributed by atoms with Crippen molar-refractivity contribution >= 4 is 5.91 Å². The summed E-state index contributed by atoms with van der Waals surface area (Å²) in [5.41, 5.74) is 1.57. The molecule has 0 aliphatic heterocycles. The van der Waals surface area contributed by atoms with E-state index in [9.17, 15) is 9.59 Å². The summed E-state index contributed by atoms with van der Waals surface area (Å²) in [5.74, 6) is -0.0914. The third-order valence-electron chi connectivity index (χ3n) is 3.69. The fourth-order valence-corrected chi connectivity index (χ4v) is 2.43. The van der Waals surface area contributed by atoms with Crippen LogP contribution in [0.25, 0.3) is 5.69 Å². The molecule has 1 amide bonds. The van der Waals surface area contributed by atoms with Crippen LogP contribution in [0.5, 0.6) is 5.75 Å². The molecule has 3 aromatic rings. The molecule has 0 radical (unpaired) electrons. The van der Waals surface area contributed by atoms with Crippen molar-refractivity contribution in [3.05, 3.63) is 88.6 Å². The molecule has 0 saturated carbocycles. The quantitative estimate of drug-likeness (QED) is 0.775. The van der Waals surface area contributed by atoms with Gasteiger partial charge in [0.15, 0.2) is 0 Å². The fourth-order valence-electron chi connectivity index (χ4n) is 2.43. The number of aromatic nitrogens is 2. The van der Waals surface area contributed by atoms with Crippen molar-refractivity contribution < 1.29 is 9.53 Å². The van der Waals surface area contributed by atoms with E-state index >= 15 is 0 Å². The summed E-state index contributed by atoms with van der Waals surface area (Å²) in [5, 5.41) is 2.81. The van der Waals surface area contributed by atoms with Gasteiger partial charge in [-0.25, -0.2) is 0 Å². The summed E-state index contributed by atoms with van der Waals surface area (Å²) in [6, 6.07) is 14.1. The first-order valence-corrected chi connectivity index (χ1v) is 7.72. The number of hydrogen-bond acceptors (Lipinski definition) is 4. The Kier molecular flexibility index (Phi) is 4.89. The number of para-hydroxylation sites is 1. The third kappa shape index (κ3) is 3.74. The lowest BCUT2D eigenvalue weighted by Gasteiger charge is -2.12. The van der Waals surface area contributed by atoms with Gasteiger partial charge in [0.05, 0.1) is 12.7 Å². The lowest BCUT2D eigenvalue weighted by molar-refractivity contribution is 0.0947. The van der Waals surface area contributed by atoms with Gasteiger partial charge < -0.3 is 10.1 Å². The van der Waals surface area contributed by atoms with E-state index in [0.717, 1.165) is 5.56 Å². The number of carbonyl (C=O) groups is 1. The summed E-state index contributed by atoms with van der Waals surface area (Å²) in [4.78, 5) is 28.9. The normalized spacial score (nSPS) is 10.3. The second kappa shape index (κ2) is 7.44. The number of nitrogens with one attached hydrogen (secondary N) is 1. The summed E-state index contributed by atoms with van der Waals surface area (Å²) < 4.78 is 6.62. The molecule has 0 bridgehead atoms. The number of nitrogens with zero attached hydrogens (tertiary/aromatic N) is 2. The van der Waals surface area contributed by atoms with Crippen molar-refractivity contribution in [3.63, 3.8) is 0 Å². The van der Waals surface area contributed by atoms with Crippen LogP contribution in [0, 0.1) is 0 Å². The minimum Gasteiger partial charge on any atom is -0.496 e. The van der Waals surface area contributed by atoms with Crippen LogP contribution >= 0.6 is 0 Å². The number of methoxy groups -OCH3 is 1. The molecule has 0 fully saturated rings. The summed E-state index contributed by atoms with van der Waals surface area (Å²) in [6.45, 7) is 0.334. The molecule has 0 aliphatic carbocycles. The molecule has 2 aromatic heterocycles. The first kappa shape index (κ1) is 16.4. The second-order valence-corrected chi connectivity index (χ2v) is 5.34. The zero-order valence-electron chi connectivity index (χ0n) is 13.7. The molecule has 1 aromatic carbocycles. The molecular weight excluding hydrogens is 318 g/mol. The molecule has 3 rings (SSSR count). The maximum absolute atomic E-state index is 12.6. The predicted octanol–water partition coefficient (Wildman–Crippen LogP) is 2.17. The van der Waals surface area contributed by atoms with Gasteiger partial charge in [0.2, 0.25) is 0 Å². The van der Waals surface area contributed by atoms with Gasteiger partial charge in [0.1, 0.15) is 5.75 Å². The number of benzene rings is 1. The Bertz CT molecular complexity index is 922. The Hall–Kier alpha value is -3.41. The highest BCUT2D eigenvalue weighted by atomic mass is 16.5. The van der Waals surface area contributed by atoms with Gasteiger partial charge in [-0.05, 0) is 23.8 Å². The average Bonchev–Trinajstić information content (AvgIpc) is 2.67. The molecule has 126 valence electrons. The Morgan fingerprint density at radius 1 is 1.20 bits per heavy atom. The number of hydrogen-bond donors (Lipinski definition) is 1. The van der Waals surface area contributed by atoms with E-state index in [0.29, 0.717) is 12.2 Å². The first-order valence-electron chi connectivity index (χ1n) is 7.72. The Morgan fingerprint density at radius 2 is 2.00 bits per heavy atom. The highest BCUT2D eigenvalue weighted by molar-refractivity contribution is 5.96. The standard InChI is InChI=1S/C19H17N3O3/c1-25-17-10-18(23)22(15-7-3-2-4-8-15)13-16(17)19(24)21-12-14-6-5-9-20-11-14/h2-11,13H,12H2,1H3,(H,21,24). The molecule has 0 saturated heterocycles. The number of ether oxygens (including phenoxy) is 1. The van der Waals surface area contributed by atoms with Crippen LogP contribution in [0.15, 0.2) is 71.9 Å². The van der Waals surface area contributed by atoms with Crippen molar-refractivity contribution in [2.45, 2.75) is 6.54 Å². The summed E-state index contributed by atoms with van der Waals surface area (Å²) in [7, 11) is 1.43. The molecule has 25 heavy (non-hydrogen) atoms. The van der Waals surface area contributed by atoms with Gasteiger partial charge >= 0.3 is 0 Å². The molecule has 6 nitrogen and oxygen atoms in total. The van der Waals surface area contributed by atoms with E-state index < -0.39 is 0 Å². The van der Waals surface area contributed by atoms with Crippen LogP contribution in [0.4, 0.5) is 0 Å². The topological polar surface area (TPSA) is 73.2 Å². The van der Waals surface area contributed by atoms with Crippen LogP contribution in [0.2, 0.25) is 0 Å². The average molecular weight is 335 g/mol. The van der Waals surface area contributed by atoms with Crippen molar-refractivity contribution in [2.75, 3.05) is 7.11 Å². The number of pyridine rings is 2. The largest absolute Gasteiger partial charge is 0.496 e. The highest BCUT2D eigenvalue weighted by Crippen LogP contribution is 2.17. The lowest BCUT2D eigenvalue weighted by atomic mass is 10.2. The van der Waals surface area contributed by atoms with E-state index in [1.165, 1.54) is 23.9 Å². The molecule has 0 atom stereocenters. The van der Waals surface area contributed by atoms with Gasteiger partial charge in [0.25, 0.3) is 11.5 Å². The summed E-state index contributed by atoms with van der Waals surface area (Å²) >= 11 is 0. The fraction of sp³-hybridized carbons (Fsp3) is 0.105. The number of rotatable bonds is 5. The number of amides is 1. The maximum Gasteiger partial charge on any atom is 0.258 e. The van der Waals surface area contributed by atoms with E-state index in [1.54, 1.807) is 30.6 Å². The predicted molar refractivity (Wildman–Crippen MR) is 94.0 cm³/mol. The van der Waals surface area contributed by atoms with E-state index in [1.807, 2.05) is 24.3 Å². The number of carbonyl (C=O) groups excluding carboxylic acids is 1. The minimum atomic E-state index is -0.328. The first-order chi connectivity index (χ1) is 12.2. The second-order valence-electron chi connectivity index (χ2n) is 5.34. The van der Waals surface area contributed by atoms with Crippen LogP contribution in [-0.2, 0) is 6.54 Å². The molecule has 0 spiro atoms. The van der Waals surface area contributed by atoms with Crippen molar-refractivity contribution in [1.29, 1.82) is 0 Å². The van der Waals surface area contributed by atoms with Crippen LogP contribution in [0.3, 0.4) is 0 Å². The van der Waals surface area contributed by atoms with Crippen molar-refractivity contribution in [3.8, 4) is 11.4 Å². The molecule has 1 N–H and O–H groups in total. The summed E-state index contributed by atoms with van der Waals surface area (Å²) in [6.07, 6.45) is 4.85. The Balaban J connectivity index is 1.91. The Morgan fingerprint density at radius 3 is 2.68 bits per heavy atom. The smallest absolute Gasteiger partial charge is 0.258 e. The zero-order chi connectivity index (χ0) is 17.6. The Labute approximate surface area is 144 Å². The lowest BCUT2D eigenvalue weighted by Crippen LogP contribution is -2.26. The van der Waals surface area contributed by atoms with Gasteiger partial charge in [-0.3, -0.25) is 19.1 Å². The van der Waals surface area contributed by atoms with Crippen LogP contribution < -0.4 is 15.6 Å². The zero-order valence-corrected chi connectivity index (χ0v) is 13.7. The SMILES string of the molecule is COc1cc(=O)n(-c2ccccc2)cc1C(=O)NCc1cccnc1. The molecule has 0 unspecified atom stereocenters. The minimum absolute atomic E-state index is 0.237. The highest BCUT2D eigenvalue weighted by Gasteiger charge is 2.15. The van der Waals surface area contributed by atoms with E-state index in [4.69, 9.17) is 4.74 Å². The molecule has 2 heterocycles. The molecular formula is C19H17N3O3. The van der Waals surface area contributed by atoms with Gasteiger partial charge in [0, 0.05) is 36.9 Å². The van der Waals surface area contributed by atoms with Crippen molar-refractivity contribution in [1.82, 2.24) is 14.9 Å². The van der Waals surface area contributed by atoms with Gasteiger partial charge in [-0.15, -0.1) is 0 Å².